The fraction of sp³-hybridized carbons (Fsp3) is 0.385. The molecule has 1 unspecified atom stereocenters. The van der Waals surface area contributed by atoms with E-state index >= 15 is 0 Å². The molecule has 0 amide bonds. The molecule has 18 heavy (non-hydrogen) atoms. The van der Waals surface area contributed by atoms with Crippen molar-refractivity contribution in [2.75, 3.05) is 0 Å². The van der Waals surface area contributed by atoms with Crippen LogP contribution in [0.4, 0.5) is 0 Å². The van der Waals surface area contributed by atoms with Crippen LogP contribution in [0.15, 0.2) is 27.8 Å². The molecular formula is C13H16N2O3. The van der Waals surface area contributed by atoms with Gasteiger partial charge in [0.05, 0.1) is 17.1 Å². The van der Waals surface area contributed by atoms with Crippen LogP contribution in [0.5, 0.6) is 0 Å². The van der Waals surface area contributed by atoms with E-state index in [2.05, 4.69) is 9.97 Å². The number of nitrogens with one attached hydrogen (secondary N) is 2. The van der Waals surface area contributed by atoms with Crippen molar-refractivity contribution in [1.29, 1.82) is 0 Å². The van der Waals surface area contributed by atoms with E-state index in [-0.39, 0.29) is 5.41 Å². The highest BCUT2D eigenvalue weighted by atomic mass is 16.3. The van der Waals surface area contributed by atoms with Gasteiger partial charge in [0.1, 0.15) is 0 Å². The molecule has 0 radical (unpaired) electrons. The smallest absolute Gasteiger partial charge is 0.314 e. The van der Waals surface area contributed by atoms with E-state index < -0.39 is 17.2 Å². The van der Waals surface area contributed by atoms with Crippen LogP contribution in [-0.2, 0) is 0 Å². The lowest BCUT2D eigenvalue weighted by Gasteiger charge is -2.26. The summed E-state index contributed by atoms with van der Waals surface area (Å²) in [6, 6.07) is 5.10. The molecule has 1 aromatic carbocycles. The van der Waals surface area contributed by atoms with E-state index in [9.17, 15) is 14.7 Å². The summed E-state index contributed by atoms with van der Waals surface area (Å²) < 4.78 is 0. The summed E-state index contributed by atoms with van der Waals surface area (Å²) in [5.74, 6) is 0. The standard InChI is InChI=1S/C13H16N2O3/c1-13(2,3)10(16)7-4-5-8-9(6-7)15-12(18)11(17)14-8/h4-6,10,16H,1-3H3,(H,14,17)(H,15,18). The molecule has 0 aliphatic carbocycles. The lowest BCUT2D eigenvalue weighted by atomic mass is 9.85. The van der Waals surface area contributed by atoms with Crippen molar-refractivity contribution in [3.05, 3.63) is 44.5 Å². The van der Waals surface area contributed by atoms with Gasteiger partial charge in [0.2, 0.25) is 0 Å². The second-order valence-corrected chi connectivity index (χ2v) is 5.48. The number of fused-ring (bicyclic) bond motifs is 1. The van der Waals surface area contributed by atoms with E-state index in [1.807, 2.05) is 20.8 Å². The van der Waals surface area contributed by atoms with Crippen molar-refractivity contribution in [3.63, 3.8) is 0 Å². The quantitative estimate of drug-likeness (QED) is 0.665. The number of hydrogen-bond donors (Lipinski definition) is 3. The normalized spacial score (nSPS) is 13.8. The SMILES string of the molecule is CC(C)(C)C(O)c1ccc2[nH]c(=O)c(=O)[nH]c2c1. The summed E-state index contributed by atoms with van der Waals surface area (Å²) in [4.78, 5) is 27.4. The van der Waals surface area contributed by atoms with Crippen molar-refractivity contribution >= 4 is 11.0 Å². The van der Waals surface area contributed by atoms with E-state index in [4.69, 9.17) is 0 Å². The second kappa shape index (κ2) is 4.10. The van der Waals surface area contributed by atoms with Gasteiger partial charge in [-0.05, 0) is 23.1 Å². The predicted molar refractivity (Wildman–Crippen MR) is 69.6 cm³/mol. The molecule has 2 rings (SSSR count). The molecule has 0 saturated heterocycles. The number of aliphatic hydroxyl groups is 1. The van der Waals surface area contributed by atoms with Crippen LogP contribution < -0.4 is 11.1 Å². The van der Waals surface area contributed by atoms with Crippen molar-refractivity contribution in [3.8, 4) is 0 Å². The van der Waals surface area contributed by atoms with Crippen molar-refractivity contribution in [2.45, 2.75) is 26.9 Å². The van der Waals surface area contributed by atoms with Crippen LogP contribution in [0.3, 0.4) is 0 Å². The molecule has 1 heterocycles. The Balaban J connectivity index is 2.61. The zero-order valence-corrected chi connectivity index (χ0v) is 10.6. The molecule has 0 fully saturated rings. The zero-order valence-electron chi connectivity index (χ0n) is 10.6. The van der Waals surface area contributed by atoms with Gasteiger partial charge in [-0.2, -0.15) is 0 Å². The van der Waals surface area contributed by atoms with Gasteiger partial charge < -0.3 is 15.1 Å². The average Bonchev–Trinajstić information content (AvgIpc) is 2.28. The first-order valence-electron chi connectivity index (χ1n) is 5.73. The minimum absolute atomic E-state index is 0.295. The lowest BCUT2D eigenvalue weighted by molar-refractivity contribution is 0.0628. The molecule has 96 valence electrons. The Labute approximate surface area is 103 Å². The number of aliphatic hydroxyl groups excluding tert-OH is 1. The molecule has 2 aromatic rings. The number of aromatic nitrogens is 2. The highest BCUT2D eigenvalue weighted by molar-refractivity contribution is 5.74. The molecule has 1 atom stereocenters. The molecule has 1 aromatic heterocycles. The van der Waals surface area contributed by atoms with E-state index in [1.165, 1.54) is 0 Å². The number of benzene rings is 1. The second-order valence-electron chi connectivity index (χ2n) is 5.48. The monoisotopic (exact) mass is 248 g/mol. The van der Waals surface area contributed by atoms with Crippen LogP contribution >= 0.6 is 0 Å². The number of aromatic amines is 2. The molecule has 0 spiro atoms. The van der Waals surface area contributed by atoms with E-state index in [0.717, 1.165) is 0 Å². The predicted octanol–water partition coefficient (Wildman–Crippen LogP) is 1.30. The Morgan fingerprint density at radius 1 is 1.06 bits per heavy atom. The maximum atomic E-state index is 11.2. The zero-order chi connectivity index (χ0) is 13.5. The molecule has 0 aliphatic rings. The summed E-state index contributed by atoms with van der Waals surface area (Å²) in [5, 5.41) is 10.2. The highest BCUT2D eigenvalue weighted by Crippen LogP contribution is 2.32. The first kappa shape index (κ1) is 12.6. The number of hydrogen-bond acceptors (Lipinski definition) is 3. The van der Waals surface area contributed by atoms with Crippen LogP contribution in [0.2, 0.25) is 0 Å². The van der Waals surface area contributed by atoms with Gasteiger partial charge in [-0.25, -0.2) is 0 Å². The molecule has 3 N–H and O–H groups in total. The van der Waals surface area contributed by atoms with Gasteiger partial charge in [0.15, 0.2) is 0 Å². The summed E-state index contributed by atoms with van der Waals surface area (Å²) >= 11 is 0. The lowest BCUT2D eigenvalue weighted by Crippen LogP contribution is -2.29. The first-order chi connectivity index (χ1) is 8.29. The summed E-state index contributed by atoms with van der Waals surface area (Å²) in [6.07, 6.45) is -0.641. The molecule has 0 saturated carbocycles. The van der Waals surface area contributed by atoms with Gasteiger partial charge in [-0.3, -0.25) is 9.59 Å². The van der Waals surface area contributed by atoms with Crippen molar-refractivity contribution in [1.82, 2.24) is 9.97 Å². The van der Waals surface area contributed by atoms with Gasteiger partial charge in [-0.15, -0.1) is 0 Å². The van der Waals surface area contributed by atoms with E-state index in [0.29, 0.717) is 16.6 Å². The maximum absolute atomic E-state index is 11.2. The van der Waals surface area contributed by atoms with Crippen LogP contribution in [0.25, 0.3) is 11.0 Å². The summed E-state index contributed by atoms with van der Waals surface area (Å²) in [7, 11) is 0. The van der Waals surface area contributed by atoms with Crippen LogP contribution in [0.1, 0.15) is 32.4 Å². The van der Waals surface area contributed by atoms with Gasteiger partial charge in [-0.1, -0.05) is 26.8 Å². The molecular weight excluding hydrogens is 232 g/mol. The largest absolute Gasteiger partial charge is 0.388 e. The Morgan fingerprint density at radius 3 is 2.17 bits per heavy atom. The van der Waals surface area contributed by atoms with E-state index in [1.54, 1.807) is 18.2 Å². The Kier molecular flexibility index (Phi) is 2.86. The van der Waals surface area contributed by atoms with Crippen molar-refractivity contribution in [2.24, 2.45) is 5.41 Å². The third-order valence-corrected chi connectivity index (χ3v) is 2.88. The fourth-order valence-corrected chi connectivity index (χ4v) is 1.80. The third kappa shape index (κ3) is 2.22. The Morgan fingerprint density at radius 2 is 1.61 bits per heavy atom. The average molecular weight is 248 g/mol. The highest BCUT2D eigenvalue weighted by Gasteiger charge is 2.23. The number of H-pyrrole nitrogens is 2. The van der Waals surface area contributed by atoms with Gasteiger partial charge >= 0.3 is 11.1 Å². The Hall–Kier alpha value is -1.88. The number of rotatable bonds is 1. The topological polar surface area (TPSA) is 85.9 Å². The van der Waals surface area contributed by atoms with Gasteiger partial charge in [0.25, 0.3) is 0 Å². The van der Waals surface area contributed by atoms with Crippen LogP contribution in [-0.4, -0.2) is 15.1 Å². The third-order valence-electron chi connectivity index (χ3n) is 2.88. The minimum Gasteiger partial charge on any atom is -0.388 e. The first-order valence-corrected chi connectivity index (χ1v) is 5.73. The summed E-state index contributed by atoms with van der Waals surface area (Å²) in [6.45, 7) is 5.78. The molecule has 0 bridgehead atoms. The fourth-order valence-electron chi connectivity index (χ4n) is 1.80. The summed E-state index contributed by atoms with van der Waals surface area (Å²) in [5.41, 5.74) is 0.106. The van der Waals surface area contributed by atoms with Crippen molar-refractivity contribution < 1.29 is 5.11 Å². The van der Waals surface area contributed by atoms with Gasteiger partial charge in [0, 0.05) is 0 Å². The molecule has 5 nitrogen and oxygen atoms in total. The minimum atomic E-state index is -0.690. The molecule has 0 aliphatic heterocycles. The molecule has 5 heteroatoms. The Bertz CT molecular complexity index is 692. The van der Waals surface area contributed by atoms with Crippen LogP contribution in [0, 0.1) is 5.41 Å². The maximum Gasteiger partial charge on any atom is 0.314 e.